The van der Waals surface area contributed by atoms with Gasteiger partial charge in [0.15, 0.2) is 0 Å². The summed E-state index contributed by atoms with van der Waals surface area (Å²) in [6.45, 7) is 2.12. The van der Waals surface area contributed by atoms with E-state index in [2.05, 4.69) is 22.2 Å². The summed E-state index contributed by atoms with van der Waals surface area (Å²) in [4.78, 5) is 8.56. The van der Waals surface area contributed by atoms with Crippen molar-refractivity contribution in [3.05, 3.63) is 48.4 Å². The van der Waals surface area contributed by atoms with E-state index >= 15 is 0 Å². The highest BCUT2D eigenvalue weighted by Gasteiger charge is 2.09. The number of aromatic nitrogens is 2. The number of anilines is 2. The molecule has 1 unspecified atom stereocenters. The Morgan fingerprint density at radius 2 is 2.05 bits per heavy atom. The largest absolute Gasteiger partial charge is 0.469 e. The van der Waals surface area contributed by atoms with Gasteiger partial charge in [0, 0.05) is 17.8 Å². The van der Waals surface area contributed by atoms with Crippen LogP contribution in [0.3, 0.4) is 0 Å². The predicted molar refractivity (Wildman–Crippen MR) is 84.1 cm³/mol. The quantitative estimate of drug-likeness (QED) is 0.751. The Hall–Kier alpha value is -2.56. The monoisotopic (exact) mass is 282 g/mol. The molecule has 3 aromatic rings. The van der Waals surface area contributed by atoms with Crippen LogP contribution in [0.25, 0.3) is 10.9 Å². The number of nitrogens with zero attached hydrogens (tertiary/aromatic N) is 2. The van der Waals surface area contributed by atoms with Crippen LogP contribution in [-0.2, 0) is 6.42 Å². The van der Waals surface area contributed by atoms with Crippen LogP contribution >= 0.6 is 0 Å². The lowest BCUT2D eigenvalue weighted by molar-refractivity contribution is 0.495. The van der Waals surface area contributed by atoms with E-state index < -0.39 is 0 Å². The highest BCUT2D eigenvalue weighted by Crippen LogP contribution is 2.22. The van der Waals surface area contributed by atoms with E-state index in [1.54, 1.807) is 6.26 Å². The number of furan rings is 1. The van der Waals surface area contributed by atoms with Gasteiger partial charge in [0.1, 0.15) is 11.6 Å². The minimum Gasteiger partial charge on any atom is -0.469 e. The van der Waals surface area contributed by atoms with E-state index in [0.29, 0.717) is 0 Å². The number of hydrogen-bond donors (Lipinski definition) is 2. The number of para-hydroxylation sites is 1. The first-order valence-electron chi connectivity index (χ1n) is 7.03. The molecule has 0 saturated carbocycles. The van der Waals surface area contributed by atoms with Gasteiger partial charge in [0.05, 0.1) is 11.8 Å². The maximum Gasteiger partial charge on any atom is 0.222 e. The summed E-state index contributed by atoms with van der Waals surface area (Å²) >= 11 is 0. The molecule has 0 aliphatic carbocycles. The summed E-state index contributed by atoms with van der Waals surface area (Å²) in [5.74, 6) is 2.06. The summed E-state index contributed by atoms with van der Waals surface area (Å²) in [6, 6.07) is 12.0. The molecule has 3 N–H and O–H groups in total. The molecule has 0 saturated heterocycles. The van der Waals surface area contributed by atoms with Crippen LogP contribution < -0.4 is 11.1 Å². The van der Waals surface area contributed by atoms with E-state index in [4.69, 9.17) is 10.2 Å². The minimum atomic E-state index is 0.257. The Morgan fingerprint density at radius 3 is 2.86 bits per heavy atom. The number of nitrogens with two attached hydrogens (primary N) is 1. The fourth-order valence-electron chi connectivity index (χ4n) is 2.32. The summed E-state index contributed by atoms with van der Waals surface area (Å²) < 4.78 is 5.35. The lowest BCUT2D eigenvalue weighted by Gasteiger charge is -2.15. The zero-order valence-electron chi connectivity index (χ0n) is 11.9. The molecule has 1 atom stereocenters. The SMILES string of the molecule is CC(CCc1ccco1)Nc1nc(N)nc2ccccc12. The number of benzene rings is 1. The Morgan fingerprint density at radius 1 is 1.19 bits per heavy atom. The van der Waals surface area contributed by atoms with Gasteiger partial charge in [0.2, 0.25) is 5.95 Å². The van der Waals surface area contributed by atoms with E-state index in [-0.39, 0.29) is 12.0 Å². The highest BCUT2D eigenvalue weighted by atomic mass is 16.3. The molecule has 0 spiro atoms. The van der Waals surface area contributed by atoms with E-state index in [1.807, 2.05) is 36.4 Å². The molecule has 3 rings (SSSR count). The maximum atomic E-state index is 5.77. The molecule has 1 aromatic carbocycles. The summed E-state index contributed by atoms with van der Waals surface area (Å²) in [6.07, 6.45) is 3.54. The van der Waals surface area contributed by atoms with E-state index in [0.717, 1.165) is 35.3 Å². The normalized spacial score (nSPS) is 12.4. The third-order valence-electron chi connectivity index (χ3n) is 3.41. The fraction of sp³-hybridized carbons (Fsp3) is 0.250. The molecule has 0 bridgehead atoms. The van der Waals surface area contributed by atoms with Crippen LogP contribution in [0.2, 0.25) is 0 Å². The second-order valence-electron chi connectivity index (χ2n) is 5.11. The van der Waals surface area contributed by atoms with Crippen molar-refractivity contribution in [2.45, 2.75) is 25.8 Å². The number of nitrogens with one attached hydrogen (secondary N) is 1. The van der Waals surface area contributed by atoms with Crippen molar-refractivity contribution >= 4 is 22.7 Å². The molecule has 21 heavy (non-hydrogen) atoms. The van der Waals surface area contributed by atoms with Crippen molar-refractivity contribution in [2.75, 3.05) is 11.1 Å². The maximum absolute atomic E-state index is 5.77. The smallest absolute Gasteiger partial charge is 0.222 e. The van der Waals surface area contributed by atoms with Gasteiger partial charge in [-0.05, 0) is 37.6 Å². The van der Waals surface area contributed by atoms with Crippen LogP contribution in [0.4, 0.5) is 11.8 Å². The molecule has 2 heterocycles. The first-order valence-corrected chi connectivity index (χ1v) is 7.03. The first-order chi connectivity index (χ1) is 10.2. The Balaban J connectivity index is 1.74. The van der Waals surface area contributed by atoms with Crippen LogP contribution in [0.15, 0.2) is 47.1 Å². The Bertz CT molecular complexity index is 724. The number of fused-ring (bicyclic) bond motifs is 1. The van der Waals surface area contributed by atoms with Crippen LogP contribution in [0.1, 0.15) is 19.1 Å². The molecule has 2 aromatic heterocycles. The second kappa shape index (κ2) is 5.83. The molecule has 0 fully saturated rings. The Labute approximate surface area is 123 Å². The van der Waals surface area contributed by atoms with Gasteiger partial charge >= 0.3 is 0 Å². The molecule has 0 radical (unpaired) electrons. The summed E-state index contributed by atoms with van der Waals surface area (Å²) in [5, 5.41) is 4.40. The lowest BCUT2D eigenvalue weighted by Crippen LogP contribution is -2.17. The number of nitrogen functional groups attached to an aromatic ring is 1. The standard InChI is InChI=1S/C16H18N4O/c1-11(8-9-12-5-4-10-21-12)18-15-13-6-2-3-7-14(13)19-16(17)20-15/h2-7,10-11H,8-9H2,1H3,(H3,17,18,19,20). The van der Waals surface area contributed by atoms with Crippen molar-refractivity contribution in [3.63, 3.8) is 0 Å². The molecule has 108 valence electrons. The van der Waals surface area contributed by atoms with E-state index in [1.165, 1.54) is 0 Å². The number of aryl methyl sites for hydroxylation is 1. The van der Waals surface area contributed by atoms with Crippen LogP contribution in [-0.4, -0.2) is 16.0 Å². The zero-order valence-corrected chi connectivity index (χ0v) is 11.9. The molecular weight excluding hydrogens is 264 g/mol. The minimum absolute atomic E-state index is 0.257. The van der Waals surface area contributed by atoms with Gasteiger partial charge in [-0.2, -0.15) is 4.98 Å². The van der Waals surface area contributed by atoms with Gasteiger partial charge in [-0.1, -0.05) is 12.1 Å². The number of hydrogen-bond acceptors (Lipinski definition) is 5. The van der Waals surface area contributed by atoms with E-state index in [9.17, 15) is 0 Å². The van der Waals surface area contributed by atoms with Crippen molar-refractivity contribution in [3.8, 4) is 0 Å². The van der Waals surface area contributed by atoms with Gasteiger partial charge in [-0.25, -0.2) is 4.98 Å². The summed E-state index contributed by atoms with van der Waals surface area (Å²) in [7, 11) is 0. The first kappa shape index (κ1) is 13.4. The molecule has 5 nitrogen and oxygen atoms in total. The topological polar surface area (TPSA) is 77.0 Å². The predicted octanol–water partition coefficient (Wildman–Crippen LogP) is 3.24. The zero-order chi connectivity index (χ0) is 14.7. The third-order valence-corrected chi connectivity index (χ3v) is 3.41. The summed E-state index contributed by atoms with van der Waals surface area (Å²) in [5.41, 5.74) is 6.63. The van der Waals surface area contributed by atoms with Crippen molar-refractivity contribution < 1.29 is 4.42 Å². The molecular formula is C16H18N4O. The average molecular weight is 282 g/mol. The van der Waals surface area contributed by atoms with Crippen LogP contribution in [0.5, 0.6) is 0 Å². The van der Waals surface area contributed by atoms with Crippen molar-refractivity contribution in [1.29, 1.82) is 0 Å². The molecule has 0 aliphatic rings. The van der Waals surface area contributed by atoms with Gasteiger partial charge < -0.3 is 15.5 Å². The molecule has 5 heteroatoms. The second-order valence-corrected chi connectivity index (χ2v) is 5.11. The Kier molecular flexibility index (Phi) is 3.73. The third kappa shape index (κ3) is 3.13. The van der Waals surface area contributed by atoms with Gasteiger partial charge in [-0.15, -0.1) is 0 Å². The van der Waals surface area contributed by atoms with Crippen molar-refractivity contribution in [2.24, 2.45) is 0 Å². The fourth-order valence-corrected chi connectivity index (χ4v) is 2.32. The highest BCUT2D eigenvalue weighted by molar-refractivity contribution is 5.89. The van der Waals surface area contributed by atoms with Gasteiger partial charge in [-0.3, -0.25) is 0 Å². The van der Waals surface area contributed by atoms with Gasteiger partial charge in [0.25, 0.3) is 0 Å². The van der Waals surface area contributed by atoms with Crippen LogP contribution in [0, 0.1) is 0 Å². The number of rotatable bonds is 5. The average Bonchev–Trinajstić information content (AvgIpc) is 2.98. The molecule has 0 aliphatic heterocycles. The lowest BCUT2D eigenvalue weighted by atomic mass is 10.1. The molecule has 0 amide bonds. The van der Waals surface area contributed by atoms with Crippen molar-refractivity contribution in [1.82, 2.24) is 9.97 Å².